The molecule has 11 aromatic rings. The van der Waals surface area contributed by atoms with Crippen LogP contribution < -0.4 is 21.3 Å². The molecule has 0 atom stereocenters. The van der Waals surface area contributed by atoms with Crippen LogP contribution in [0.1, 0.15) is 79.0 Å². The number of hydrogen-bond donors (Lipinski definition) is 0. The summed E-state index contributed by atoms with van der Waals surface area (Å²) in [6, 6.07) is 78.8. The maximum atomic E-state index is 2.64. The van der Waals surface area contributed by atoms with E-state index in [2.05, 4.69) is 278 Å². The number of nitrogens with zero attached hydrogens (tertiary/aromatic N) is 2. The molecule has 2 aliphatic heterocycles. The molecule has 360 valence electrons. The molecule has 0 fully saturated rings. The molecule has 3 heterocycles. The minimum Gasteiger partial charge on any atom is -0.310 e. The van der Waals surface area contributed by atoms with Crippen molar-refractivity contribution >= 4 is 84.5 Å². The molecule has 0 amide bonds. The Bertz CT molecular complexity index is 3960. The van der Waals surface area contributed by atoms with Gasteiger partial charge in [-0.2, -0.15) is 0 Å². The molecule has 0 radical (unpaired) electrons. The van der Waals surface area contributed by atoms with Gasteiger partial charge < -0.3 is 9.47 Å². The van der Waals surface area contributed by atoms with E-state index in [-0.39, 0.29) is 23.0 Å². The van der Waals surface area contributed by atoms with Crippen molar-refractivity contribution in [3.63, 3.8) is 0 Å². The van der Waals surface area contributed by atoms with Crippen molar-refractivity contribution in [2.24, 2.45) is 0 Å². The standard InChI is InChI=1S/C70H61BN2S/c1-68(2,3)50-28-24-45(25-29-50)49-39-63-66-65(40-49)74-64-37-32-53(72-60-35-30-51(69(4,5)6)41-56(60)57-42-52(70(7,8)9)31-36-61(57)72)43-59(64)71(66)58-38-48(44-18-12-10-13-19-44)27-34-62(58)73(63)67-54-23-17-16-22-47(54)26-33-55(67)46-20-14-11-15-21-46/h10-43H,1-9H3. The molecule has 10 aromatic carbocycles. The Labute approximate surface area is 441 Å². The monoisotopic (exact) mass is 972 g/mol. The van der Waals surface area contributed by atoms with Crippen LogP contribution in [0.25, 0.3) is 71.6 Å². The Hall–Kier alpha value is -7.53. The molecule has 0 spiro atoms. The third kappa shape index (κ3) is 7.63. The first-order chi connectivity index (χ1) is 35.6. The summed E-state index contributed by atoms with van der Waals surface area (Å²) in [4.78, 5) is 5.23. The lowest BCUT2D eigenvalue weighted by Crippen LogP contribution is -2.60. The van der Waals surface area contributed by atoms with E-state index in [1.54, 1.807) is 0 Å². The van der Waals surface area contributed by atoms with Gasteiger partial charge in [-0.3, -0.25) is 0 Å². The topological polar surface area (TPSA) is 8.17 Å². The van der Waals surface area contributed by atoms with Gasteiger partial charge in [0.25, 0.3) is 0 Å². The van der Waals surface area contributed by atoms with Crippen LogP contribution in [0.2, 0.25) is 0 Å². The van der Waals surface area contributed by atoms with Crippen LogP contribution in [0.4, 0.5) is 17.1 Å². The Kier molecular flexibility index (Phi) is 10.6. The van der Waals surface area contributed by atoms with E-state index in [4.69, 9.17) is 0 Å². The molecule has 0 saturated heterocycles. The first-order valence-electron chi connectivity index (χ1n) is 26.4. The van der Waals surface area contributed by atoms with Crippen molar-refractivity contribution in [1.29, 1.82) is 0 Å². The van der Waals surface area contributed by atoms with Gasteiger partial charge in [0.1, 0.15) is 0 Å². The summed E-state index contributed by atoms with van der Waals surface area (Å²) < 4.78 is 2.54. The minimum atomic E-state index is -0.0494. The smallest absolute Gasteiger partial charge is 0.249 e. The van der Waals surface area contributed by atoms with Crippen LogP contribution >= 0.6 is 11.8 Å². The predicted octanol–water partition coefficient (Wildman–Crippen LogP) is 17.6. The second-order valence-corrected chi connectivity index (χ2v) is 24.9. The second kappa shape index (κ2) is 17.0. The Balaban J connectivity index is 1.11. The van der Waals surface area contributed by atoms with Crippen molar-refractivity contribution in [2.45, 2.75) is 88.3 Å². The van der Waals surface area contributed by atoms with Crippen LogP contribution in [-0.4, -0.2) is 11.3 Å². The van der Waals surface area contributed by atoms with Crippen molar-refractivity contribution in [1.82, 2.24) is 4.57 Å². The van der Waals surface area contributed by atoms with E-state index < -0.39 is 0 Å². The Morgan fingerprint density at radius 2 is 0.959 bits per heavy atom. The molecule has 74 heavy (non-hydrogen) atoms. The zero-order valence-corrected chi connectivity index (χ0v) is 44.8. The molecule has 4 heteroatoms. The first-order valence-corrected chi connectivity index (χ1v) is 27.2. The Morgan fingerprint density at radius 3 is 1.61 bits per heavy atom. The molecular formula is C70H61BN2S. The molecule has 0 unspecified atom stereocenters. The molecule has 2 nitrogen and oxygen atoms in total. The minimum absolute atomic E-state index is 0.0168. The van der Waals surface area contributed by atoms with Crippen molar-refractivity contribution in [3.8, 4) is 39.1 Å². The van der Waals surface area contributed by atoms with Gasteiger partial charge >= 0.3 is 0 Å². The number of aromatic nitrogens is 1. The SMILES string of the molecule is CC(C)(C)c1ccc(-c2cc3c4c(c2)N(c2c(-c5ccccc5)ccc5ccccc25)c2ccc(-c5ccccc5)cc2B4c2cc(-n4c5ccc(C(C)(C)C)cc5c5cc(C(C)(C)C)ccc54)ccc2S3)cc1. The maximum Gasteiger partial charge on any atom is 0.249 e. The van der Waals surface area contributed by atoms with E-state index in [0.29, 0.717) is 0 Å². The van der Waals surface area contributed by atoms with Gasteiger partial charge in [-0.1, -0.05) is 225 Å². The van der Waals surface area contributed by atoms with Gasteiger partial charge in [0.15, 0.2) is 0 Å². The molecule has 0 bridgehead atoms. The zero-order chi connectivity index (χ0) is 50.8. The number of fused-ring (bicyclic) bond motifs is 8. The zero-order valence-electron chi connectivity index (χ0n) is 44.0. The van der Waals surface area contributed by atoms with Crippen LogP contribution in [0.15, 0.2) is 216 Å². The van der Waals surface area contributed by atoms with E-state index in [1.165, 1.54) is 132 Å². The lowest BCUT2D eigenvalue weighted by molar-refractivity contribution is 0.590. The fourth-order valence-electron chi connectivity index (χ4n) is 11.8. The number of rotatable bonds is 5. The summed E-state index contributed by atoms with van der Waals surface area (Å²) in [6.45, 7) is 20.8. The highest BCUT2D eigenvalue weighted by atomic mass is 32.2. The van der Waals surface area contributed by atoms with Crippen LogP contribution in [-0.2, 0) is 16.2 Å². The highest BCUT2D eigenvalue weighted by Gasteiger charge is 2.43. The summed E-state index contributed by atoms with van der Waals surface area (Å²) in [7, 11) is 0. The van der Waals surface area contributed by atoms with Gasteiger partial charge in [-0.25, -0.2) is 0 Å². The van der Waals surface area contributed by atoms with E-state index in [9.17, 15) is 0 Å². The van der Waals surface area contributed by atoms with Crippen molar-refractivity contribution in [3.05, 3.63) is 223 Å². The quantitative estimate of drug-likeness (QED) is 0.159. The summed E-state index contributed by atoms with van der Waals surface area (Å²) in [6.07, 6.45) is 0. The van der Waals surface area contributed by atoms with Crippen LogP contribution in [0.5, 0.6) is 0 Å². The summed E-state index contributed by atoms with van der Waals surface area (Å²) >= 11 is 1.93. The van der Waals surface area contributed by atoms with Crippen LogP contribution in [0.3, 0.4) is 0 Å². The Morgan fingerprint density at radius 1 is 0.378 bits per heavy atom. The summed E-state index contributed by atoms with van der Waals surface area (Å²) in [5.41, 5.74) is 22.6. The van der Waals surface area contributed by atoms with Gasteiger partial charge in [0.2, 0.25) is 6.71 Å². The van der Waals surface area contributed by atoms with Gasteiger partial charge in [-0.15, -0.1) is 0 Å². The first kappa shape index (κ1) is 46.3. The van der Waals surface area contributed by atoms with Crippen LogP contribution in [0, 0.1) is 0 Å². The largest absolute Gasteiger partial charge is 0.310 e. The fourth-order valence-corrected chi connectivity index (χ4v) is 13.0. The molecule has 0 N–H and O–H groups in total. The molecule has 13 rings (SSSR count). The van der Waals surface area contributed by atoms with Gasteiger partial charge in [-0.05, 0) is 138 Å². The highest BCUT2D eigenvalue weighted by Crippen LogP contribution is 2.50. The fraction of sp³-hybridized carbons (Fsp3) is 0.171. The van der Waals surface area contributed by atoms with Gasteiger partial charge in [0.05, 0.1) is 16.7 Å². The summed E-state index contributed by atoms with van der Waals surface area (Å²) in [5, 5.41) is 5.05. The predicted molar refractivity (Wildman–Crippen MR) is 321 cm³/mol. The third-order valence-electron chi connectivity index (χ3n) is 15.9. The highest BCUT2D eigenvalue weighted by molar-refractivity contribution is 8.00. The van der Waals surface area contributed by atoms with E-state index >= 15 is 0 Å². The average molecular weight is 973 g/mol. The van der Waals surface area contributed by atoms with Crippen molar-refractivity contribution in [2.75, 3.05) is 4.90 Å². The summed E-state index contributed by atoms with van der Waals surface area (Å²) in [5.74, 6) is 0. The molecule has 0 saturated carbocycles. The number of anilines is 3. The van der Waals surface area contributed by atoms with E-state index in [1.807, 2.05) is 11.8 Å². The van der Waals surface area contributed by atoms with E-state index in [0.717, 1.165) is 0 Å². The average Bonchev–Trinajstić information content (AvgIpc) is 3.75. The molecular weight excluding hydrogens is 912 g/mol. The normalized spacial score (nSPS) is 13.4. The van der Waals surface area contributed by atoms with Crippen molar-refractivity contribution < 1.29 is 0 Å². The molecule has 1 aromatic heterocycles. The molecule has 2 aliphatic rings. The number of benzene rings is 10. The second-order valence-electron chi connectivity index (χ2n) is 23.8. The lowest BCUT2D eigenvalue weighted by Gasteiger charge is -2.42. The van der Waals surface area contributed by atoms with Gasteiger partial charge in [0, 0.05) is 48.6 Å². The molecule has 0 aliphatic carbocycles. The third-order valence-corrected chi connectivity index (χ3v) is 17.1. The maximum absolute atomic E-state index is 2.64. The lowest BCUT2D eigenvalue weighted by atomic mass is 9.34. The number of hydrogen-bond acceptors (Lipinski definition) is 2.